The number of halogens is 1. The summed E-state index contributed by atoms with van der Waals surface area (Å²) in [4.78, 5) is 28.6. The highest BCUT2D eigenvalue weighted by molar-refractivity contribution is 7.89. The number of hydrazine groups is 1. The maximum absolute atomic E-state index is 12.1. The van der Waals surface area contributed by atoms with E-state index in [0.29, 0.717) is 9.49 Å². The first kappa shape index (κ1) is 19.9. The SMILES string of the molecule is CON(C)S(=O)(=O)c1ccc(C(=O)NNC(=O)c2cccc(Cl)c2)cc1. The van der Waals surface area contributed by atoms with Gasteiger partial charge in [0.25, 0.3) is 21.8 Å². The molecule has 0 aliphatic heterocycles. The van der Waals surface area contributed by atoms with Crippen LogP contribution in [0.25, 0.3) is 0 Å². The molecule has 0 radical (unpaired) electrons. The van der Waals surface area contributed by atoms with Gasteiger partial charge in [-0.3, -0.25) is 25.3 Å². The second-order valence-electron chi connectivity index (χ2n) is 5.04. The van der Waals surface area contributed by atoms with Gasteiger partial charge < -0.3 is 0 Å². The highest BCUT2D eigenvalue weighted by atomic mass is 35.5. The van der Waals surface area contributed by atoms with Crippen LogP contribution in [0.3, 0.4) is 0 Å². The summed E-state index contributed by atoms with van der Waals surface area (Å²) >= 11 is 5.80. The molecule has 0 aromatic heterocycles. The molecule has 0 spiro atoms. The molecule has 0 heterocycles. The molecule has 0 atom stereocenters. The van der Waals surface area contributed by atoms with Gasteiger partial charge in [0.15, 0.2) is 0 Å². The molecule has 2 rings (SSSR count). The number of carbonyl (C=O) groups excluding carboxylic acids is 2. The lowest BCUT2D eigenvalue weighted by Crippen LogP contribution is -2.41. The molecule has 10 heteroatoms. The standard InChI is InChI=1S/C16H16ClN3O5S/c1-20(25-2)26(23,24)14-8-6-11(7-9-14)15(21)18-19-16(22)12-4-3-5-13(17)10-12/h3-10H,1-2H3,(H,18,21)(H,19,22). The van der Waals surface area contributed by atoms with Crippen LogP contribution in [0.1, 0.15) is 20.7 Å². The lowest BCUT2D eigenvalue weighted by molar-refractivity contribution is -0.0258. The van der Waals surface area contributed by atoms with E-state index in [1.54, 1.807) is 18.2 Å². The fraction of sp³-hybridized carbons (Fsp3) is 0.125. The zero-order valence-corrected chi connectivity index (χ0v) is 15.5. The Morgan fingerprint density at radius 3 is 2.12 bits per heavy atom. The van der Waals surface area contributed by atoms with Crippen LogP contribution >= 0.6 is 11.6 Å². The molecule has 0 saturated carbocycles. The van der Waals surface area contributed by atoms with Gasteiger partial charge in [-0.2, -0.15) is 0 Å². The topological polar surface area (TPSA) is 105 Å². The second-order valence-corrected chi connectivity index (χ2v) is 7.41. The van der Waals surface area contributed by atoms with Crippen molar-refractivity contribution in [3.63, 3.8) is 0 Å². The van der Waals surface area contributed by atoms with Crippen molar-refractivity contribution in [1.29, 1.82) is 0 Å². The average molecular weight is 398 g/mol. The first-order valence-electron chi connectivity index (χ1n) is 7.25. The Labute approximate surface area is 155 Å². The maximum atomic E-state index is 12.1. The zero-order valence-electron chi connectivity index (χ0n) is 13.9. The number of hydrogen-bond acceptors (Lipinski definition) is 5. The van der Waals surface area contributed by atoms with Gasteiger partial charge in [0.1, 0.15) is 0 Å². The lowest BCUT2D eigenvalue weighted by Gasteiger charge is -2.14. The van der Waals surface area contributed by atoms with E-state index in [2.05, 4.69) is 15.7 Å². The summed E-state index contributed by atoms with van der Waals surface area (Å²) in [6.45, 7) is 0. The second kappa shape index (κ2) is 8.28. The number of sulfonamides is 1. The van der Waals surface area contributed by atoms with Gasteiger partial charge in [0.05, 0.1) is 12.0 Å². The Hall–Kier alpha value is -2.46. The van der Waals surface area contributed by atoms with Gasteiger partial charge in [0.2, 0.25) is 0 Å². The summed E-state index contributed by atoms with van der Waals surface area (Å²) in [5, 5.41) is 0.391. The third-order valence-electron chi connectivity index (χ3n) is 3.39. The van der Waals surface area contributed by atoms with Gasteiger partial charge in [0, 0.05) is 23.2 Å². The number of hydrogen-bond donors (Lipinski definition) is 2. The minimum atomic E-state index is -3.80. The molecule has 0 saturated heterocycles. The van der Waals surface area contributed by atoms with Crippen LogP contribution in [0.15, 0.2) is 53.4 Å². The van der Waals surface area contributed by atoms with Crippen molar-refractivity contribution in [2.75, 3.05) is 14.2 Å². The van der Waals surface area contributed by atoms with Gasteiger partial charge in [-0.1, -0.05) is 22.1 Å². The van der Waals surface area contributed by atoms with Crippen molar-refractivity contribution in [2.24, 2.45) is 0 Å². The Morgan fingerprint density at radius 1 is 1.00 bits per heavy atom. The van der Waals surface area contributed by atoms with Gasteiger partial charge >= 0.3 is 0 Å². The van der Waals surface area contributed by atoms with Gasteiger partial charge in [-0.05, 0) is 42.5 Å². The number of carbonyl (C=O) groups is 2. The maximum Gasteiger partial charge on any atom is 0.269 e. The van der Waals surface area contributed by atoms with Crippen molar-refractivity contribution >= 4 is 33.4 Å². The summed E-state index contributed by atoms with van der Waals surface area (Å²) in [5.74, 6) is -1.15. The number of hydroxylamine groups is 1. The van der Waals surface area contributed by atoms with E-state index in [4.69, 9.17) is 11.6 Å². The number of amides is 2. The first-order chi connectivity index (χ1) is 12.3. The first-order valence-corrected chi connectivity index (χ1v) is 9.07. The molecule has 2 aromatic rings. The van der Waals surface area contributed by atoms with Crippen LogP contribution in [0.2, 0.25) is 5.02 Å². The third kappa shape index (κ3) is 4.58. The van der Waals surface area contributed by atoms with Crippen molar-refractivity contribution in [3.8, 4) is 0 Å². The zero-order chi connectivity index (χ0) is 19.3. The largest absolute Gasteiger partial charge is 0.288 e. The van der Waals surface area contributed by atoms with Crippen LogP contribution in [0, 0.1) is 0 Å². The molecule has 2 amide bonds. The van der Waals surface area contributed by atoms with Crippen molar-refractivity contribution in [2.45, 2.75) is 4.90 Å². The number of nitrogens with zero attached hydrogens (tertiary/aromatic N) is 1. The van der Waals surface area contributed by atoms with Gasteiger partial charge in [-0.15, -0.1) is 0 Å². The van der Waals surface area contributed by atoms with E-state index in [1.807, 2.05) is 0 Å². The predicted octanol–water partition coefficient (Wildman–Crippen LogP) is 1.60. The number of benzene rings is 2. The van der Waals surface area contributed by atoms with Crippen molar-refractivity contribution in [3.05, 3.63) is 64.7 Å². The van der Waals surface area contributed by atoms with Crippen LogP contribution < -0.4 is 10.9 Å². The molecule has 8 nitrogen and oxygen atoms in total. The van der Waals surface area contributed by atoms with E-state index in [1.165, 1.54) is 44.5 Å². The molecule has 0 aliphatic rings. The average Bonchev–Trinajstić information content (AvgIpc) is 2.65. The van der Waals surface area contributed by atoms with Crippen LogP contribution in [0.4, 0.5) is 0 Å². The number of rotatable bonds is 5. The summed E-state index contributed by atoms with van der Waals surface area (Å²) in [5.41, 5.74) is 4.94. The lowest BCUT2D eigenvalue weighted by atomic mass is 10.2. The molecular formula is C16H16ClN3O5S. The molecule has 2 aromatic carbocycles. The monoisotopic (exact) mass is 397 g/mol. The van der Waals surface area contributed by atoms with Crippen molar-refractivity contribution in [1.82, 2.24) is 15.3 Å². The quantitative estimate of drug-likeness (QED) is 0.745. The third-order valence-corrected chi connectivity index (χ3v) is 5.32. The predicted molar refractivity (Wildman–Crippen MR) is 94.8 cm³/mol. The number of nitrogens with one attached hydrogen (secondary N) is 2. The van der Waals surface area contributed by atoms with Crippen LogP contribution in [-0.4, -0.2) is 38.9 Å². The van der Waals surface area contributed by atoms with E-state index < -0.39 is 21.8 Å². The Bertz CT molecular complexity index is 916. The highest BCUT2D eigenvalue weighted by Gasteiger charge is 2.21. The Morgan fingerprint density at radius 2 is 1.58 bits per heavy atom. The van der Waals surface area contributed by atoms with E-state index >= 15 is 0 Å². The van der Waals surface area contributed by atoms with Crippen LogP contribution in [0.5, 0.6) is 0 Å². The molecule has 0 unspecified atom stereocenters. The molecule has 0 fully saturated rings. The summed E-state index contributed by atoms with van der Waals surface area (Å²) in [6.07, 6.45) is 0. The normalized spacial score (nSPS) is 11.2. The molecule has 2 N–H and O–H groups in total. The smallest absolute Gasteiger partial charge is 0.269 e. The fourth-order valence-electron chi connectivity index (χ4n) is 1.91. The van der Waals surface area contributed by atoms with E-state index in [9.17, 15) is 18.0 Å². The minimum Gasteiger partial charge on any atom is -0.288 e. The molecule has 26 heavy (non-hydrogen) atoms. The Kier molecular flexibility index (Phi) is 6.32. The van der Waals surface area contributed by atoms with E-state index in [-0.39, 0.29) is 16.0 Å². The fourth-order valence-corrected chi connectivity index (χ4v) is 3.08. The summed E-state index contributed by atoms with van der Waals surface area (Å²) < 4.78 is 24.9. The Balaban J connectivity index is 2.03. The molecular weight excluding hydrogens is 382 g/mol. The molecule has 138 valence electrons. The molecule has 0 aliphatic carbocycles. The van der Waals surface area contributed by atoms with E-state index in [0.717, 1.165) is 0 Å². The van der Waals surface area contributed by atoms with Crippen LogP contribution in [-0.2, 0) is 14.9 Å². The van der Waals surface area contributed by atoms with Crippen molar-refractivity contribution < 1.29 is 22.8 Å². The summed E-state index contributed by atoms with van der Waals surface area (Å²) in [7, 11) is -1.32. The summed E-state index contributed by atoms with van der Waals surface area (Å²) in [6, 6.07) is 11.4. The highest BCUT2D eigenvalue weighted by Crippen LogP contribution is 2.15. The van der Waals surface area contributed by atoms with Gasteiger partial charge in [-0.25, -0.2) is 8.42 Å². The minimum absolute atomic E-state index is 0.0404. The molecule has 0 bridgehead atoms.